The molecule has 0 radical (unpaired) electrons. The Morgan fingerprint density at radius 1 is 1.59 bits per heavy atom. The Morgan fingerprint density at radius 2 is 2.29 bits per heavy atom. The fraction of sp³-hybridized carbons (Fsp3) is 0.417. The van der Waals surface area contributed by atoms with Crippen molar-refractivity contribution in [2.24, 2.45) is 5.92 Å². The second-order valence-corrected chi connectivity index (χ2v) is 4.20. The molecule has 0 atom stereocenters. The number of nitrogens with zero attached hydrogens (tertiary/aromatic N) is 1. The first-order chi connectivity index (χ1) is 8.15. The van der Waals surface area contributed by atoms with Crippen LogP contribution in [0.2, 0.25) is 0 Å². The Bertz CT molecular complexity index is 514. The number of carbonyl (C=O) groups excluding carboxylic acids is 2. The van der Waals surface area contributed by atoms with E-state index in [9.17, 15) is 14.4 Å². The van der Waals surface area contributed by atoms with E-state index < -0.39 is 11.5 Å². The molecule has 0 N–H and O–H groups in total. The van der Waals surface area contributed by atoms with E-state index in [4.69, 9.17) is 0 Å². The molecule has 90 valence electrons. The van der Waals surface area contributed by atoms with Crippen molar-refractivity contribution in [1.82, 2.24) is 4.57 Å². The number of rotatable bonds is 4. The molecule has 1 fully saturated rings. The SMILES string of the molecule is COC(=O)c1cc(C=O)cn(CC2CC2)c1=O. The van der Waals surface area contributed by atoms with Gasteiger partial charge in [0.15, 0.2) is 6.29 Å². The Labute approximate surface area is 98.0 Å². The zero-order valence-electron chi connectivity index (χ0n) is 9.51. The van der Waals surface area contributed by atoms with Crippen LogP contribution >= 0.6 is 0 Å². The van der Waals surface area contributed by atoms with E-state index in [2.05, 4.69) is 4.74 Å². The highest BCUT2D eigenvalue weighted by Crippen LogP contribution is 2.30. The Kier molecular flexibility index (Phi) is 3.08. The standard InChI is InChI=1S/C12H13NO4/c1-17-12(16)10-4-9(7-14)6-13(11(10)15)5-8-2-3-8/h4,6-8H,2-3,5H2,1H3. The second-order valence-electron chi connectivity index (χ2n) is 4.20. The lowest BCUT2D eigenvalue weighted by Gasteiger charge is -2.07. The van der Waals surface area contributed by atoms with E-state index in [1.165, 1.54) is 23.9 Å². The van der Waals surface area contributed by atoms with Crippen LogP contribution in [0.15, 0.2) is 17.1 Å². The zero-order chi connectivity index (χ0) is 12.4. The highest BCUT2D eigenvalue weighted by atomic mass is 16.5. The maximum absolute atomic E-state index is 11.9. The molecule has 0 aromatic carbocycles. The van der Waals surface area contributed by atoms with E-state index in [1.54, 1.807) is 0 Å². The molecule has 1 aromatic rings. The Morgan fingerprint density at radius 3 is 2.82 bits per heavy atom. The number of hydrogen-bond donors (Lipinski definition) is 0. The number of ether oxygens (including phenoxy) is 1. The van der Waals surface area contributed by atoms with Crippen molar-refractivity contribution in [3.63, 3.8) is 0 Å². The highest BCUT2D eigenvalue weighted by molar-refractivity contribution is 5.90. The molecule has 0 unspecified atom stereocenters. The lowest BCUT2D eigenvalue weighted by Crippen LogP contribution is -2.28. The van der Waals surface area contributed by atoms with Gasteiger partial charge in [0.2, 0.25) is 0 Å². The molecule has 5 nitrogen and oxygen atoms in total. The molecule has 0 bridgehead atoms. The highest BCUT2D eigenvalue weighted by Gasteiger charge is 2.23. The minimum atomic E-state index is -0.705. The van der Waals surface area contributed by atoms with Crippen molar-refractivity contribution >= 4 is 12.3 Å². The van der Waals surface area contributed by atoms with Crippen LogP contribution in [0.25, 0.3) is 0 Å². The number of pyridine rings is 1. The van der Waals surface area contributed by atoms with Gasteiger partial charge in [-0.25, -0.2) is 4.79 Å². The van der Waals surface area contributed by atoms with Crippen LogP contribution in [0.4, 0.5) is 0 Å². The van der Waals surface area contributed by atoms with Crippen LogP contribution in [0.3, 0.4) is 0 Å². The third-order valence-corrected chi connectivity index (χ3v) is 2.80. The molecule has 2 rings (SSSR count). The van der Waals surface area contributed by atoms with Crippen LogP contribution in [0.1, 0.15) is 33.6 Å². The molecule has 0 spiro atoms. The maximum atomic E-state index is 11.9. The predicted molar refractivity (Wildman–Crippen MR) is 60.2 cm³/mol. The van der Waals surface area contributed by atoms with Gasteiger partial charge in [-0.2, -0.15) is 0 Å². The number of carbonyl (C=O) groups is 2. The Hall–Kier alpha value is -1.91. The molecule has 1 saturated carbocycles. The van der Waals surface area contributed by atoms with Crippen LogP contribution in [-0.2, 0) is 11.3 Å². The van der Waals surface area contributed by atoms with Crippen LogP contribution in [0, 0.1) is 5.92 Å². The van der Waals surface area contributed by atoms with Gasteiger partial charge in [-0.1, -0.05) is 0 Å². The largest absolute Gasteiger partial charge is 0.465 e. The first-order valence-corrected chi connectivity index (χ1v) is 5.43. The molecule has 1 heterocycles. The number of aldehydes is 1. The molecule has 1 aromatic heterocycles. The molecule has 0 amide bonds. The molecular formula is C12H13NO4. The van der Waals surface area contributed by atoms with Crippen LogP contribution in [-0.4, -0.2) is 23.9 Å². The molecule has 17 heavy (non-hydrogen) atoms. The van der Waals surface area contributed by atoms with E-state index >= 15 is 0 Å². The molecule has 0 aliphatic heterocycles. The van der Waals surface area contributed by atoms with Gasteiger partial charge in [-0.15, -0.1) is 0 Å². The predicted octanol–water partition coefficient (Wildman–Crippen LogP) is 0.857. The van der Waals surface area contributed by atoms with E-state index in [0.717, 1.165) is 12.8 Å². The van der Waals surface area contributed by atoms with Crippen LogP contribution in [0.5, 0.6) is 0 Å². The minimum absolute atomic E-state index is 0.0854. The smallest absolute Gasteiger partial charge is 0.343 e. The van der Waals surface area contributed by atoms with Crippen molar-refractivity contribution in [2.75, 3.05) is 7.11 Å². The summed E-state index contributed by atoms with van der Waals surface area (Å²) in [6.45, 7) is 0.560. The number of hydrogen-bond acceptors (Lipinski definition) is 4. The summed E-state index contributed by atoms with van der Waals surface area (Å²) >= 11 is 0. The first-order valence-electron chi connectivity index (χ1n) is 5.43. The van der Waals surface area contributed by atoms with Gasteiger partial charge in [0.25, 0.3) is 5.56 Å². The summed E-state index contributed by atoms with van der Waals surface area (Å²) in [4.78, 5) is 34.1. The normalized spacial score (nSPS) is 14.4. The number of aromatic nitrogens is 1. The Balaban J connectivity index is 2.46. The summed E-state index contributed by atoms with van der Waals surface area (Å²) in [7, 11) is 1.21. The zero-order valence-corrected chi connectivity index (χ0v) is 9.51. The lowest BCUT2D eigenvalue weighted by atomic mass is 10.2. The van der Waals surface area contributed by atoms with E-state index in [-0.39, 0.29) is 5.56 Å². The summed E-state index contributed by atoms with van der Waals surface area (Å²) < 4.78 is 5.95. The van der Waals surface area contributed by atoms with Gasteiger partial charge in [0.05, 0.1) is 7.11 Å². The molecule has 0 saturated heterocycles. The summed E-state index contributed by atoms with van der Waals surface area (Å²) in [6.07, 6.45) is 4.28. The second kappa shape index (κ2) is 4.53. The number of esters is 1. The maximum Gasteiger partial charge on any atom is 0.343 e. The van der Waals surface area contributed by atoms with Gasteiger partial charge in [-0.05, 0) is 24.8 Å². The van der Waals surface area contributed by atoms with Crippen molar-refractivity contribution in [3.8, 4) is 0 Å². The van der Waals surface area contributed by atoms with Crippen LogP contribution < -0.4 is 5.56 Å². The minimum Gasteiger partial charge on any atom is -0.465 e. The topological polar surface area (TPSA) is 65.4 Å². The molecular weight excluding hydrogens is 222 g/mol. The van der Waals surface area contributed by atoms with Gasteiger partial charge >= 0.3 is 5.97 Å². The van der Waals surface area contributed by atoms with E-state index in [1.807, 2.05) is 0 Å². The molecule has 5 heteroatoms. The monoisotopic (exact) mass is 235 g/mol. The van der Waals surface area contributed by atoms with Gasteiger partial charge in [0.1, 0.15) is 5.56 Å². The molecule has 1 aliphatic carbocycles. The summed E-state index contributed by atoms with van der Waals surface area (Å²) in [5.74, 6) is -0.219. The van der Waals surface area contributed by atoms with Crippen molar-refractivity contribution in [2.45, 2.75) is 19.4 Å². The quantitative estimate of drug-likeness (QED) is 0.573. The molecule has 1 aliphatic rings. The first kappa shape index (κ1) is 11.6. The summed E-state index contributed by atoms with van der Waals surface area (Å²) in [5.41, 5.74) is -0.169. The van der Waals surface area contributed by atoms with E-state index in [0.29, 0.717) is 24.3 Å². The fourth-order valence-corrected chi connectivity index (χ4v) is 1.69. The lowest BCUT2D eigenvalue weighted by molar-refractivity contribution is 0.0598. The average Bonchev–Trinajstić information content (AvgIpc) is 3.14. The van der Waals surface area contributed by atoms with Crippen molar-refractivity contribution < 1.29 is 14.3 Å². The van der Waals surface area contributed by atoms with Gasteiger partial charge in [-0.3, -0.25) is 9.59 Å². The van der Waals surface area contributed by atoms with Gasteiger partial charge in [0, 0.05) is 18.3 Å². The van der Waals surface area contributed by atoms with Gasteiger partial charge < -0.3 is 9.30 Å². The third kappa shape index (κ3) is 2.43. The van der Waals surface area contributed by atoms with Crippen molar-refractivity contribution in [3.05, 3.63) is 33.7 Å². The summed E-state index contributed by atoms with van der Waals surface area (Å²) in [6, 6.07) is 1.27. The average molecular weight is 235 g/mol. The fourth-order valence-electron chi connectivity index (χ4n) is 1.69. The summed E-state index contributed by atoms with van der Waals surface area (Å²) in [5, 5.41) is 0. The van der Waals surface area contributed by atoms with Crippen molar-refractivity contribution in [1.29, 1.82) is 0 Å². The number of methoxy groups -OCH3 is 1. The third-order valence-electron chi connectivity index (χ3n) is 2.80.